The van der Waals surface area contributed by atoms with Crippen molar-refractivity contribution in [3.05, 3.63) is 0 Å². The zero-order valence-corrected chi connectivity index (χ0v) is 8.29. The van der Waals surface area contributed by atoms with Gasteiger partial charge in [-0.3, -0.25) is 4.79 Å². The Bertz CT molecular complexity index is 198. The van der Waals surface area contributed by atoms with E-state index in [0.717, 1.165) is 12.8 Å². The van der Waals surface area contributed by atoms with Crippen molar-refractivity contribution in [1.82, 2.24) is 0 Å². The van der Waals surface area contributed by atoms with E-state index < -0.39 is 6.10 Å². The second kappa shape index (κ2) is 3.76. The molecular weight excluding hydrogens is 168 g/mol. The normalized spacial score (nSPS) is 30.2. The zero-order valence-electron chi connectivity index (χ0n) is 8.29. The van der Waals surface area contributed by atoms with Crippen LogP contribution in [0.5, 0.6) is 0 Å². The Labute approximate surface area is 78.8 Å². The molecule has 0 heterocycles. The second-order valence-corrected chi connectivity index (χ2v) is 4.54. The van der Waals surface area contributed by atoms with Crippen LogP contribution in [0, 0.1) is 11.3 Å². The van der Waals surface area contributed by atoms with Crippen LogP contribution in [0.15, 0.2) is 0 Å². The maximum Gasteiger partial charge on any atom is 0.139 e. The molecule has 1 aliphatic rings. The number of aliphatic hydroxyl groups is 2. The van der Waals surface area contributed by atoms with Gasteiger partial charge in [-0.1, -0.05) is 13.8 Å². The first-order chi connectivity index (χ1) is 5.99. The van der Waals surface area contributed by atoms with E-state index in [1.54, 1.807) is 0 Å². The summed E-state index contributed by atoms with van der Waals surface area (Å²) in [4.78, 5) is 11.5. The largest absolute Gasteiger partial charge is 0.394 e. The number of carbonyl (C=O) groups excluding carboxylic acids is 1. The van der Waals surface area contributed by atoms with Crippen LogP contribution < -0.4 is 0 Å². The molecule has 0 aliphatic heterocycles. The van der Waals surface area contributed by atoms with Gasteiger partial charge >= 0.3 is 0 Å². The molecule has 1 fully saturated rings. The van der Waals surface area contributed by atoms with Gasteiger partial charge in [-0.15, -0.1) is 0 Å². The molecule has 13 heavy (non-hydrogen) atoms. The van der Waals surface area contributed by atoms with E-state index in [9.17, 15) is 9.90 Å². The average Bonchev–Trinajstić information content (AvgIpc) is 2.02. The van der Waals surface area contributed by atoms with E-state index in [0.29, 0.717) is 6.42 Å². The molecule has 1 saturated carbocycles. The minimum Gasteiger partial charge on any atom is -0.394 e. The standard InChI is InChI=1S/C10H18O3/c1-10(2)5-3-4-7(12)9(10)8(13)6-11/h8-9,11,13H,3-6H2,1-2H3. The summed E-state index contributed by atoms with van der Waals surface area (Å²) >= 11 is 0. The maximum atomic E-state index is 11.5. The highest BCUT2D eigenvalue weighted by Crippen LogP contribution is 2.40. The van der Waals surface area contributed by atoms with Crippen molar-refractivity contribution in [2.24, 2.45) is 11.3 Å². The lowest BCUT2D eigenvalue weighted by atomic mass is 9.66. The van der Waals surface area contributed by atoms with Crippen LogP contribution in [0.2, 0.25) is 0 Å². The van der Waals surface area contributed by atoms with Crippen LogP contribution in [0.25, 0.3) is 0 Å². The summed E-state index contributed by atoms with van der Waals surface area (Å²) in [5.74, 6) is -0.288. The Kier molecular flexibility index (Phi) is 3.09. The van der Waals surface area contributed by atoms with Gasteiger partial charge in [-0.25, -0.2) is 0 Å². The molecule has 0 aromatic carbocycles. The van der Waals surface area contributed by atoms with E-state index >= 15 is 0 Å². The minimum absolute atomic E-state index is 0.0952. The molecule has 2 unspecified atom stereocenters. The van der Waals surface area contributed by atoms with Crippen molar-refractivity contribution in [3.8, 4) is 0 Å². The molecule has 2 atom stereocenters. The van der Waals surface area contributed by atoms with Crippen molar-refractivity contribution in [2.45, 2.75) is 39.2 Å². The van der Waals surface area contributed by atoms with E-state index in [1.807, 2.05) is 13.8 Å². The molecular formula is C10H18O3. The highest BCUT2D eigenvalue weighted by Gasteiger charge is 2.41. The molecule has 0 radical (unpaired) electrons. The summed E-state index contributed by atoms with van der Waals surface area (Å²) in [6.07, 6.45) is 1.51. The number of aliphatic hydroxyl groups excluding tert-OH is 2. The lowest BCUT2D eigenvalue weighted by molar-refractivity contribution is -0.137. The fourth-order valence-corrected chi connectivity index (χ4v) is 2.31. The number of hydrogen-bond acceptors (Lipinski definition) is 3. The molecule has 0 aromatic heterocycles. The van der Waals surface area contributed by atoms with Crippen LogP contribution in [0.4, 0.5) is 0 Å². The van der Waals surface area contributed by atoms with Gasteiger partial charge in [0.1, 0.15) is 5.78 Å². The molecule has 0 bridgehead atoms. The van der Waals surface area contributed by atoms with Crippen molar-refractivity contribution >= 4 is 5.78 Å². The molecule has 0 spiro atoms. The molecule has 0 amide bonds. The zero-order chi connectivity index (χ0) is 10.1. The summed E-state index contributed by atoms with van der Waals surface area (Å²) in [6, 6.07) is 0. The van der Waals surface area contributed by atoms with Gasteiger partial charge in [0.25, 0.3) is 0 Å². The number of carbonyl (C=O) groups is 1. The molecule has 0 aromatic rings. The maximum absolute atomic E-state index is 11.5. The van der Waals surface area contributed by atoms with Gasteiger partial charge in [0, 0.05) is 6.42 Å². The molecule has 3 nitrogen and oxygen atoms in total. The van der Waals surface area contributed by atoms with Gasteiger partial charge in [0.15, 0.2) is 0 Å². The van der Waals surface area contributed by atoms with Gasteiger partial charge in [0.2, 0.25) is 0 Å². The van der Waals surface area contributed by atoms with Gasteiger partial charge in [-0.2, -0.15) is 0 Å². The lowest BCUT2D eigenvalue weighted by Crippen LogP contribution is -2.44. The van der Waals surface area contributed by atoms with E-state index in [4.69, 9.17) is 5.11 Å². The van der Waals surface area contributed by atoms with Crippen molar-refractivity contribution in [3.63, 3.8) is 0 Å². The van der Waals surface area contributed by atoms with Crippen LogP contribution in [0.3, 0.4) is 0 Å². The van der Waals surface area contributed by atoms with E-state index in [-0.39, 0.29) is 23.7 Å². The van der Waals surface area contributed by atoms with Crippen LogP contribution in [0.1, 0.15) is 33.1 Å². The lowest BCUT2D eigenvalue weighted by Gasteiger charge is -2.39. The molecule has 3 heteroatoms. The van der Waals surface area contributed by atoms with Crippen molar-refractivity contribution in [1.29, 1.82) is 0 Å². The third-order valence-corrected chi connectivity index (χ3v) is 3.00. The van der Waals surface area contributed by atoms with Gasteiger partial charge in [-0.05, 0) is 18.3 Å². The van der Waals surface area contributed by atoms with Gasteiger partial charge < -0.3 is 10.2 Å². The summed E-state index contributed by atoms with van der Waals surface area (Å²) in [6.45, 7) is 3.64. The number of ketones is 1. The fourth-order valence-electron chi connectivity index (χ4n) is 2.31. The SMILES string of the molecule is CC1(C)CCCC(=O)C1C(O)CO. The average molecular weight is 186 g/mol. The summed E-state index contributed by atoms with van der Waals surface area (Å²) in [5, 5.41) is 18.4. The highest BCUT2D eigenvalue weighted by molar-refractivity contribution is 5.83. The predicted octanol–water partition coefficient (Wildman–Crippen LogP) is 0.735. The smallest absolute Gasteiger partial charge is 0.139 e. The van der Waals surface area contributed by atoms with Gasteiger partial charge in [0.05, 0.1) is 18.6 Å². The molecule has 76 valence electrons. The minimum atomic E-state index is -0.886. The number of Topliss-reactive ketones (excluding diaryl/α,β-unsaturated/α-hetero) is 1. The van der Waals surface area contributed by atoms with Crippen LogP contribution in [-0.4, -0.2) is 28.7 Å². The first-order valence-electron chi connectivity index (χ1n) is 4.80. The molecule has 2 N–H and O–H groups in total. The van der Waals surface area contributed by atoms with Crippen LogP contribution >= 0.6 is 0 Å². The fraction of sp³-hybridized carbons (Fsp3) is 0.900. The highest BCUT2D eigenvalue weighted by atomic mass is 16.3. The van der Waals surface area contributed by atoms with E-state index in [1.165, 1.54) is 0 Å². The summed E-state index contributed by atoms with van der Waals surface area (Å²) in [5.41, 5.74) is -0.169. The summed E-state index contributed by atoms with van der Waals surface area (Å²) in [7, 11) is 0. The monoisotopic (exact) mass is 186 g/mol. The first kappa shape index (κ1) is 10.7. The number of rotatable bonds is 2. The number of hydrogen-bond donors (Lipinski definition) is 2. The molecule has 0 saturated heterocycles. The quantitative estimate of drug-likeness (QED) is 0.668. The Morgan fingerprint density at radius 1 is 1.62 bits per heavy atom. The van der Waals surface area contributed by atoms with Crippen LogP contribution in [-0.2, 0) is 4.79 Å². The molecule has 1 rings (SSSR count). The predicted molar refractivity (Wildman–Crippen MR) is 49.2 cm³/mol. The third kappa shape index (κ3) is 2.09. The Morgan fingerprint density at radius 3 is 2.69 bits per heavy atom. The Hall–Kier alpha value is -0.410. The summed E-state index contributed by atoms with van der Waals surface area (Å²) < 4.78 is 0. The Morgan fingerprint density at radius 2 is 2.23 bits per heavy atom. The third-order valence-electron chi connectivity index (χ3n) is 3.00. The Balaban J connectivity index is 2.80. The first-order valence-corrected chi connectivity index (χ1v) is 4.80. The van der Waals surface area contributed by atoms with Crippen molar-refractivity contribution < 1.29 is 15.0 Å². The molecule has 1 aliphatic carbocycles. The second-order valence-electron chi connectivity index (χ2n) is 4.54. The topological polar surface area (TPSA) is 57.5 Å². The van der Waals surface area contributed by atoms with Crippen molar-refractivity contribution in [2.75, 3.05) is 6.61 Å². The van der Waals surface area contributed by atoms with E-state index in [2.05, 4.69) is 0 Å².